The Morgan fingerprint density at radius 3 is 2.74 bits per heavy atom. The largest absolute Gasteiger partial charge is 0.481 e. The first kappa shape index (κ1) is 18.4. The minimum atomic E-state index is -0.659. The maximum absolute atomic E-state index is 12.7. The molecule has 2 amide bonds. The number of pyridine rings is 1. The monoisotopic (exact) mass is 366 g/mol. The second-order valence-corrected chi connectivity index (χ2v) is 6.24. The summed E-state index contributed by atoms with van der Waals surface area (Å²) in [5, 5.41) is 6.64. The molecule has 0 unspecified atom stereocenters. The van der Waals surface area contributed by atoms with E-state index in [4.69, 9.17) is 4.74 Å². The lowest BCUT2D eigenvalue weighted by atomic mass is 10.0. The number of carbonyl (C=O) groups is 2. The molecule has 0 aliphatic rings. The number of amides is 2. The van der Waals surface area contributed by atoms with Crippen molar-refractivity contribution in [2.45, 2.75) is 25.9 Å². The number of rotatable bonds is 7. The number of H-pyrrole nitrogens is 1. The van der Waals surface area contributed by atoms with Crippen LogP contribution in [0.5, 0.6) is 5.88 Å². The van der Waals surface area contributed by atoms with Crippen LogP contribution in [-0.4, -0.2) is 34.9 Å². The van der Waals surface area contributed by atoms with Gasteiger partial charge in [0, 0.05) is 49.3 Å². The van der Waals surface area contributed by atoms with Gasteiger partial charge in [0.1, 0.15) is 6.04 Å². The second kappa shape index (κ2) is 8.35. The van der Waals surface area contributed by atoms with Gasteiger partial charge in [-0.05, 0) is 17.2 Å². The zero-order valence-electron chi connectivity index (χ0n) is 15.3. The molecule has 0 spiro atoms. The number of aromatic nitrogens is 2. The highest BCUT2D eigenvalue weighted by molar-refractivity contribution is 5.89. The third-order valence-electron chi connectivity index (χ3n) is 4.27. The normalized spacial score (nSPS) is 11.8. The molecular weight excluding hydrogens is 344 g/mol. The smallest absolute Gasteiger partial charge is 0.243 e. The van der Waals surface area contributed by atoms with E-state index in [2.05, 4.69) is 20.6 Å². The van der Waals surface area contributed by atoms with Gasteiger partial charge in [0.05, 0.1) is 7.11 Å². The van der Waals surface area contributed by atoms with Gasteiger partial charge in [-0.3, -0.25) is 9.59 Å². The first-order valence-electron chi connectivity index (χ1n) is 8.65. The van der Waals surface area contributed by atoms with Gasteiger partial charge in [0.15, 0.2) is 0 Å². The van der Waals surface area contributed by atoms with Gasteiger partial charge in [-0.15, -0.1) is 0 Å². The molecule has 1 atom stereocenters. The van der Waals surface area contributed by atoms with Gasteiger partial charge >= 0.3 is 0 Å². The first-order chi connectivity index (χ1) is 13.1. The quantitative estimate of drug-likeness (QED) is 0.595. The molecule has 140 valence electrons. The molecule has 1 aromatic carbocycles. The van der Waals surface area contributed by atoms with Crippen molar-refractivity contribution in [2.24, 2.45) is 0 Å². The fourth-order valence-corrected chi connectivity index (χ4v) is 2.92. The number of para-hydroxylation sites is 1. The van der Waals surface area contributed by atoms with Crippen LogP contribution >= 0.6 is 0 Å². The summed E-state index contributed by atoms with van der Waals surface area (Å²) in [6, 6.07) is 10.8. The standard InChI is InChI=1S/C20H22N4O3/c1-13(25)24-18(9-15-12-21-17-6-4-3-5-16(15)17)20(26)23-11-14-7-8-19(27-2)22-10-14/h3-8,10,12,18,21H,9,11H2,1-2H3,(H,23,26)(H,24,25)/t18-/m0/s1. The van der Waals surface area contributed by atoms with Crippen molar-refractivity contribution in [1.82, 2.24) is 20.6 Å². The number of ether oxygens (including phenoxy) is 1. The molecule has 0 fully saturated rings. The molecule has 3 aromatic rings. The summed E-state index contributed by atoms with van der Waals surface area (Å²) in [4.78, 5) is 31.5. The average Bonchev–Trinajstić information content (AvgIpc) is 3.08. The van der Waals surface area contributed by atoms with Gasteiger partial charge in [0.25, 0.3) is 0 Å². The lowest BCUT2D eigenvalue weighted by Crippen LogP contribution is -2.47. The molecule has 0 saturated heterocycles. The molecule has 0 saturated carbocycles. The summed E-state index contributed by atoms with van der Waals surface area (Å²) in [6.45, 7) is 1.72. The Bertz CT molecular complexity index is 934. The molecule has 3 N–H and O–H groups in total. The van der Waals surface area contributed by atoms with Crippen molar-refractivity contribution >= 4 is 22.7 Å². The molecular formula is C20H22N4O3. The van der Waals surface area contributed by atoms with Crippen LogP contribution in [0.3, 0.4) is 0 Å². The molecule has 0 aliphatic heterocycles. The van der Waals surface area contributed by atoms with E-state index in [9.17, 15) is 9.59 Å². The van der Waals surface area contributed by atoms with E-state index in [1.54, 1.807) is 19.4 Å². The number of benzene rings is 1. The number of hydrogen-bond acceptors (Lipinski definition) is 4. The van der Waals surface area contributed by atoms with E-state index in [1.807, 2.05) is 36.5 Å². The van der Waals surface area contributed by atoms with Crippen LogP contribution in [0.4, 0.5) is 0 Å². The Labute approximate surface area is 157 Å². The number of nitrogens with zero attached hydrogens (tertiary/aromatic N) is 1. The van der Waals surface area contributed by atoms with Crippen molar-refractivity contribution in [3.05, 3.63) is 59.9 Å². The van der Waals surface area contributed by atoms with Gasteiger partial charge in [-0.1, -0.05) is 24.3 Å². The highest BCUT2D eigenvalue weighted by Crippen LogP contribution is 2.19. The number of aromatic amines is 1. The van der Waals surface area contributed by atoms with Crippen molar-refractivity contribution < 1.29 is 14.3 Å². The summed E-state index contributed by atoms with van der Waals surface area (Å²) in [5.74, 6) is 0.0212. The lowest BCUT2D eigenvalue weighted by Gasteiger charge is -2.17. The minimum Gasteiger partial charge on any atom is -0.481 e. The van der Waals surface area contributed by atoms with Crippen LogP contribution < -0.4 is 15.4 Å². The Morgan fingerprint density at radius 2 is 2.04 bits per heavy atom. The Morgan fingerprint density at radius 1 is 1.22 bits per heavy atom. The van der Waals surface area contributed by atoms with Crippen molar-refractivity contribution in [2.75, 3.05) is 7.11 Å². The highest BCUT2D eigenvalue weighted by atomic mass is 16.5. The molecule has 3 rings (SSSR count). The van der Waals surface area contributed by atoms with Gasteiger partial charge in [0.2, 0.25) is 17.7 Å². The zero-order chi connectivity index (χ0) is 19.2. The van der Waals surface area contributed by atoms with Crippen LogP contribution in [0, 0.1) is 0 Å². The molecule has 7 heteroatoms. The van der Waals surface area contributed by atoms with Gasteiger partial charge in [-0.25, -0.2) is 4.98 Å². The first-order valence-corrected chi connectivity index (χ1v) is 8.65. The molecule has 27 heavy (non-hydrogen) atoms. The van der Waals surface area contributed by atoms with Gasteiger partial charge in [-0.2, -0.15) is 0 Å². The Balaban J connectivity index is 1.69. The van der Waals surface area contributed by atoms with Crippen LogP contribution in [-0.2, 0) is 22.6 Å². The summed E-state index contributed by atoms with van der Waals surface area (Å²) >= 11 is 0. The number of hydrogen-bond donors (Lipinski definition) is 3. The maximum atomic E-state index is 12.7. The molecule has 2 heterocycles. The fraction of sp³-hybridized carbons (Fsp3) is 0.250. The van der Waals surface area contributed by atoms with Crippen LogP contribution in [0.2, 0.25) is 0 Å². The zero-order valence-corrected chi connectivity index (χ0v) is 15.3. The SMILES string of the molecule is COc1ccc(CNC(=O)[C@H](Cc2c[nH]c3ccccc23)NC(C)=O)cn1. The average molecular weight is 366 g/mol. The summed E-state index contributed by atoms with van der Waals surface area (Å²) < 4.78 is 5.02. The van der Waals surface area contributed by atoms with Crippen LogP contribution in [0.25, 0.3) is 10.9 Å². The van der Waals surface area contributed by atoms with E-state index in [0.29, 0.717) is 18.8 Å². The minimum absolute atomic E-state index is 0.244. The number of carbonyl (C=O) groups excluding carboxylic acids is 2. The third-order valence-corrected chi connectivity index (χ3v) is 4.27. The number of methoxy groups -OCH3 is 1. The summed E-state index contributed by atoms with van der Waals surface area (Å²) in [5.41, 5.74) is 2.82. The van der Waals surface area contributed by atoms with Crippen molar-refractivity contribution in [3.63, 3.8) is 0 Å². The third kappa shape index (κ3) is 4.63. The van der Waals surface area contributed by atoms with Crippen LogP contribution in [0.1, 0.15) is 18.1 Å². The molecule has 0 bridgehead atoms. The van der Waals surface area contributed by atoms with E-state index in [-0.39, 0.29) is 11.8 Å². The molecule has 0 aliphatic carbocycles. The Kier molecular flexibility index (Phi) is 5.71. The molecule has 0 radical (unpaired) electrons. The fourth-order valence-electron chi connectivity index (χ4n) is 2.92. The van der Waals surface area contributed by atoms with E-state index < -0.39 is 6.04 Å². The van der Waals surface area contributed by atoms with Gasteiger partial charge < -0.3 is 20.4 Å². The predicted octanol–water partition coefficient (Wildman–Crippen LogP) is 1.94. The molecule has 2 aromatic heterocycles. The summed E-state index contributed by atoms with van der Waals surface area (Å²) in [7, 11) is 1.55. The topological polar surface area (TPSA) is 96.1 Å². The van der Waals surface area contributed by atoms with Crippen molar-refractivity contribution in [1.29, 1.82) is 0 Å². The summed E-state index contributed by atoms with van der Waals surface area (Å²) in [6.07, 6.45) is 3.92. The molecule has 7 nitrogen and oxygen atoms in total. The van der Waals surface area contributed by atoms with Crippen LogP contribution in [0.15, 0.2) is 48.8 Å². The van der Waals surface area contributed by atoms with E-state index in [1.165, 1.54) is 6.92 Å². The van der Waals surface area contributed by atoms with Crippen molar-refractivity contribution in [3.8, 4) is 5.88 Å². The second-order valence-electron chi connectivity index (χ2n) is 6.24. The highest BCUT2D eigenvalue weighted by Gasteiger charge is 2.21. The predicted molar refractivity (Wildman–Crippen MR) is 102 cm³/mol. The van der Waals surface area contributed by atoms with E-state index >= 15 is 0 Å². The van der Waals surface area contributed by atoms with E-state index in [0.717, 1.165) is 22.0 Å². The Hall–Kier alpha value is -3.35. The maximum Gasteiger partial charge on any atom is 0.243 e. The number of nitrogens with one attached hydrogen (secondary N) is 3. The lowest BCUT2D eigenvalue weighted by molar-refractivity contribution is -0.128. The number of fused-ring (bicyclic) bond motifs is 1.